The van der Waals surface area contributed by atoms with Crippen LogP contribution < -0.4 is 14.0 Å². The molecule has 0 amide bonds. The Morgan fingerprint density at radius 1 is 0.781 bits per heavy atom. The molecule has 2 aliphatic heterocycles. The highest BCUT2D eigenvalue weighted by atomic mass is 16.5. The summed E-state index contributed by atoms with van der Waals surface area (Å²) in [6.07, 6.45) is 9.65. The number of phenolic OH excluding ortho intramolecular Hbond substituents is 2. The van der Waals surface area contributed by atoms with Gasteiger partial charge in [0.15, 0.2) is 0 Å². The number of pyridine rings is 1. The second-order valence-electron chi connectivity index (χ2n) is 8.02. The van der Waals surface area contributed by atoms with Gasteiger partial charge >= 0.3 is 0 Å². The van der Waals surface area contributed by atoms with Crippen LogP contribution in [0.1, 0.15) is 40.6 Å². The fourth-order valence-electron chi connectivity index (χ4n) is 4.32. The highest BCUT2D eigenvalue weighted by Crippen LogP contribution is 2.34. The molecule has 3 heterocycles. The van der Waals surface area contributed by atoms with Gasteiger partial charge in [0, 0.05) is 60.4 Å². The van der Waals surface area contributed by atoms with E-state index in [1.54, 1.807) is 12.1 Å². The van der Waals surface area contributed by atoms with Gasteiger partial charge in [0.1, 0.15) is 29.5 Å². The number of aromatic nitrogens is 1. The molecule has 2 aliphatic rings. The van der Waals surface area contributed by atoms with Crippen molar-refractivity contribution in [3.63, 3.8) is 0 Å². The van der Waals surface area contributed by atoms with Gasteiger partial charge in [-0.1, -0.05) is 0 Å². The van der Waals surface area contributed by atoms with E-state index in [1.165, 1.54) is 0 Å². The third-order valence-electron chi connectivity index (χ3n) is 6.02. The molecule has 0 unspecified atom stereocenters. The average Bonchev–Trinajstić information content (AvgIpc) is 3.44. The fraction of sp³-hybridized carbons (Fsp3) is 0.222. The number of aromatic hydroxyl groups is 2. The largest absolute Gasteiger partial charge is 0.507 e. The minimum Gasteiger partial charge on any atom is -0.507 e. The second-order valence-corrected chi connectivity index (χ2v) is 8.02. The lowest BCUT2D eigenvalue weighted by atomic mass is 10.1. The monoisotopic (exact) mass is 428 g/mol. The van der Waals surface area contributed by atoms with Crippen LogP contribution in [0.4, 0.5) is 0 Å². The van der Waals surface area contributed by atoms with Gasteiger partial charge in [0.05, 0.1) is 13.2 Å². The van der Waals surface area contributed by atoms with Gasteiger partial charge in [-0.15, -0.1) is 0 Å². The van der Waals surface area contributed by atoms with Crippen molar-refractivity contribution in [3.8, 4) is 23.0 Å². The van der Waals surface area contributed by atoms with E-state index in [1.807, 2.05) is 42.5 Å². The van der Waals surface area contributed by atoms with Crippen molar-refractivity contribution in [3.05, 3.63) is 76.1 Å². The van der Waals surface area contributed by atoms with Crippen LogP contribution in [0.25, 0.3) is 24.3 Å². The molecule has 0 atom stereocenters. The van der Waals surface area contributed by atoms with Gasteiger partial charge in [-0.3, -0.25) is 0 Å². The lowest BCUT2D eigenvalue weighted by Crippen LogP contribution is -2.38. The Balaban J connectivity index is 1.44. The Hall–Kier alpha value is -3.73. The summed E-state index contributed by atoms with van der Waals surface area (Å²) in [4.78, 5) is 0. The van der Waals surface area contributed by atoms with Crippen molar-refractivity contribution in [2.24, 2.45) is 0 Å². The number of rotatable bonds is 5. The predicted octanol–water partition coefficient (Wildman–Crippen LogP) is 4.62. The van der Waals surface area contributed by atoms with Crippen molar-refractivity contribution >= 4 is 24.3 Å². The summed E-state index contributed by atoms with van der Waals surface area (Å²) in [5, 5.41) is 20.7. The molecular formula is C27H26NO4+. The lowest BCUT2D eigenvalue weighted by molar-refractivity contribution is -0.696. The molecule has 0 saturated carbocycles. The van der Waals surface area contributed by atoms with Crippen LogP contribution in [-0.4, -0.2) is 23.4 Å². The van der Waals surface area contributed by atoms with E-state index >= 15 is 0 Å². The number of phenols is 2. The molecule has 2 aromatic carbocycles. The lowest BCUT2D eigenvalue weighted by Gasteiger charge is -2.05. The van der Waals surface area contributed by atoms with Crippen LogP contribution in [0, 0.1) is 0 Å². The van der Waals surface area contributed by atoms with E-state index in [-0.39, 0.29) is 11.5 Å². The standard InChI is InChI=1S/C27H25NO4/c1-2-28-22(8-6-18-14-20-10-12-31-26(20)16-24(18)29)4-3-5-23(28)9-7-19-15-21-11-13-32-27(21)17-25(19)30/h3-9,14-17H,2,10-13H2,1H3,(H,29,30)/p+1. The highest BCUT2D eigenvalue weighted by Gasteiger charge is 2.17. The minimum atomic E-state index is 0.220. The van der Waals surface area contributed by atoms with Crippen LogP contribution in [0.5, 0.6) is 23.0 Å². The summed E-state index contributed by atoms with van der Waals surface area (Å²) in [5.41, 5.74) is 5.87. The zero-order valence-corrected chi connectivity index (χ0v) is 18.0. The van der Waals surface area contributed by atoms with E-state index in [0.717, 1.165) is 64.5 Å². The molecule has 0 fully saturated rings. The molecule has 5 rings (SSSR count). The van der Waals surface area contributed by atoms with Crippen LogP contribution in [0.15, 0.2) is 42.5 Å². The Kier molecular flexibility index (Phi) is 5.31. The third-order valence-corrected chi connectivity index (χ3v) is 6.02. The molecule has 0 bridgehead atoms. The third kappa shape index (κ3) is 3.82. The fourth-order valence-corrected chi connectivity index (χ4v) is 4.32. The molecule has 2 N–H and O–H groups in total. The predicted molar refractivity (Wildman–Crippen MR) is 125 cm³/mol. The van der Waals surface area contributed by atoms with Gasteiger partial charge in [0.2, 0.25) is 11.4 Å². The number of benzene rings is 2. The van der Waals surface area contributed by atoms with E-state index in [0.29, 0.717) is 13.2 Å². The van der Waals surface area contributed by atoms with Gasteiger partial charge in [-0.2, -0.15) is 4.57 Å². The van der Waals surface area contributed by atoms with Crippen LogP contribution in [0.3, 0.4) is 0 Å². The SMILES string of the molecule is CC[n+]1c(/C=C/c2cc3c(cc2O)OCC3)cccc1/C=C/c1cc2c(cc1O)OCC2. The highest BCUT2D eigenvalue weighted by molar-refractivity contribution is 5.74. The molecular weight excluding hydrogens is 402 g/mol. The Bertz CT molecular complexity index is 1150. The summed E-state index contributed by atoms with van der Waals surface area (Å²) < 4.78 is 13.2. The zero-order valence-electron chi connectivity index (χ0n) is 18.0. The van der Waals surface area contributed by atoms with E-state index < -0.39 is 0 Å². The maximum absolute atomic E-state index is 10.4. The van der Waals surface area contributed by atoms with Crippen molar-refractivity contribution in [2.45, 2.75) is 26.3 Å². The van der Waals surface area contributed by atoms with Crippen molar-refractivity contribution in [2.75, 3.05) is 13.2 Å². The Morgan fingerprint density at radius 2 is 1.28 bits per heavy atom. The number of nitrogens with zero attached hydrogens (tertiary/aromatic N) is 1. The van der Waals surface area contributed by atoms with Gasteiger partial charge in [-0.05, 0) is 48.4 Å². The first-order chi connectivity index (χ1) is 15.6. The molecule has 5 nitrogen and oxygen atoms in total. The molecule has 5 heteroatoms. The average molecular weight is 429 g/mol. The molecule has 0 radical (unpaired) electrons. The van der Waals surface area contributed by atoms with Crippen molar-refractivity contribution in [1.29, 1.82) is 0 Å². The zero-order chi connectivity index (χ0) is 22.1. The summed E-state index contributed by atoms with van der Waals surface area (Å²) in [5.74, 6) is 1.99. The summed E-state index contributed by atoms with van der Waals surface area (Å²) in [6.45, 7) is 4.22. The van der Waals surface area contributed by atoms with E-state index in [9.17, 15) is 10.2 Å². The minimum absolute atomic E-state index is 0.220. The van der Waals surface area contributed by atoms with Gasteiger partial charge < -0.3 is 19.7 Å². The number of fused-ring (bicyclic) bond motifs is 2. The molecule has 0 saturated heterocycles. The molecule has 0 aliphatic carbocycles. The molecule has 32 heavy (non-hydrogen) atoms. The van der Waals surface area contributed by atoms with Crippen molar-refractivity contribution in [1.82, 2.24) is 0 Å². The van der Waals surface area contributed by atoms with Crippen LogP contribution >= 0.6 is 0 Å². The maximum Gasteiger partial charge on any atom is 0.205 e. The first kappa shape index (κ1) is 20.2. The summed E-state index contributed by atoms with van der Waals surface area (Å²) >= 11 is 0. The van der Waals surface area contributed by atoms with Gasteiger partial charge in [0.25, 0.3) is 0 Å². The van der Waals surface area contributed by atoms with E-state index in [2.05, 4.69) is 23.6 Å². The summed E-state index contributed by atoms with van der Waals surface area (Å²) in [6, 6.07) is 13.5. The number of hydrogen-bond acceptors (Lipinski definition) is 4. The molecule has 1 aromatic heterocycles. The van der Waals surface area contributed by atoms with Crippen molar-refractivity contribution < 1.29 is 24.3 Å². The maximum atomic E-state index is 10.4. The first-order valence-corrected chi connectivity index (χ1v) is 11.0. The van der Waals surface area contributed by atoms with Crippen LogP contribution in [0.2, 0.25) is 0 Å². The van der Waals surface area contributed by atoms with Crippen LogP contribution in [-0.2, 0) is 19.4 Å². The summed E-state index contributed by atoms with van der Waals surface area (Å²) in [7, 11) is 0. The van der Waals surface area contributed by atoms with Gasteiger partial charge in [-0.25, -0.2) is 0 Å². The molecule has 0 spiro atoms. The quantitative estimate of drug-likeness (QED) is 0.583. The number of ether oxygens (including phenoxy) is 2. The normalized spacial score (nSPS) is 14.5. The molecule has 3 aromatic rings. The molecule has 162 valence electrons. The smallest absolute Gasteiger partial charge is 0.205 e. The second kappa shape index (κ2) is 8.42. The Morgan fingerprint density at radius 3 is 1.75 bits per heavy atom. The topological polar surface area (TPSA) is 62.8 Å². The van der Waals surface area contributed by atoms with E-state index in [4.69, 9.17) is 9.47 Å². The first-order valence-electron chi connectivity index (χ1n) is 11.0. The number of hydrogen-bond donors (Lipinski definition) is 2. The Labute approximate surface area is 187 Å².